The van der Waals surface area contributed by atoms with E-state index in [-0.39, 0.29) is 21.1 Å². The topological polar surface area (TPSA) is 9.23 Å². The van der Waals surface area contributed by atoms with E-state index < -0.39 is 8.32 Å². The summed E-state index contributed by atoms with van der Waals surface area (Å²) in [5, 5.41) is 0. The van der Waals surface area contributed by atoms with Crippen molar-refractivity contribution < 1.29 is 25.5 Å². The van der Waals surface area contributed by atoms with Gasteiger partial charge in [0, 0.05) is 21.1 Å². The second-order valence-corrected chi connectivity index (χ2v) is 7.87. The Kier molecular flexibility index (Phi) is 4.80. The molecule has 0 atom stereocenters. The third kappa shape index (κ3) is 4.73. The summed E-state index contributed by atoms with van der Waals surface area (Å²) in [4.78, 5) is 0. The maximum Gasteiger partial charge on any atom is 0.238 e. The Morgan fingerprint density at radius 3 is 2.33 bits per heavy atom. The molecule has 0 radical (unpaired) electrons. The van der Waals surface area contributed by atoms with Crippen LogP contribution in [0, 0.1) is 6.07 Å². The van der Waals surface area contributed by atoms with E-state index in [0.717, 1.165) is 5.75 Å². The fourth-order valence-corrected chi connectivity index (χ4v) is 1.56. The quantitative estimate of drug-likeness (QED) is 0.582. The van der Waals surface area contributed by atoms with E-state index >= 15 is 0 Å². The molecule has 0 aliphatic carbocycles. The summed E-state index contributed by atoms with van der Waals surface area (Å²) in [7, 11) is -1.43. The normalized spacial score (nSPS) is 10.2. The van der Waals surface area contributed by atoms with Crippen molar-refractivity contribution in [2.24, 2.45) is 0 Å². The van der Waals surface area contributed by atoms with Crippen LogP contribution in [0.1, 0.15) is 0 Å². The van der Waals surface area contributed by atoms with Crippen molar-refractivity contribution in [3.8, 4) is 5.75 Å². The molecule has 0 amide bonds. The van der Waals surface area contributed by atoms with Gasteiger partial charge in [-0.3, -0.25) is 0 Å². The standard InChI is InChI=1S/C9H13OSi.Pt/c1-11(2,3)10-9-7-5-4-6-8-9;/h4-7H,1-3H3;/q-1;. The molecule has 0 aliphatic rings. The van der Waals surface area contributed by atoms with Crippen LogP contribution in [0.15, 0.2) is 24.3 Å². The van der Waals surface area contributed by atoms with Crippen LogP contribution in [0.5, 0.6) is 5.75 Å². The minimum Gasteiger partial charge on any atom is -0.565 e. The van der Waals surface area contributed by atoms with E-state index in [1.54, 1.807) is 0 Å². The zero-order valence-corrected chi connectivity index (χ0v) is 10.8. The molecule has 1 aromatic carbocycles. The SMILES string of the molecule is C[Si](C)(C)Oc1[c-]cccc1.[Pt]. The summed E-state index contributed by atoms with van der Waals surface area (Å²) in [6.45, 7) is 6.48. The predicted molar refractivity (Wildman–Crippen MR) is 49.3 cm³/mol. The largest absolute Gasteiger partial charge is 0.565 e. The van der Waals surface area contributed by atoms with Gasteiger partial charge in [-0.15, -0.1) is 12.1 Å². The molecular formula is C9H13OPtSi-. The zero-order chi connectivity index (χ0) is 8.32. The number of para-hydroxylation sites is 1. The Balaban J connectivity index is 0.00000121. The maximum atomic E-state index is 5.68. The Labute approximate surface area is 89.5 Å². The van der Waals surface area contributed by atoms with Crippen LogP contribution >= 0.6 is 0 Å². The van der Waals surface area contributed by atoms with Crippen molar-refractivity contribution in [2.45, 2.75) is 19.6 Å². The van der Waals surface area contributed by atoms with Crippen molar-refractivity contribution in [1.82, 2.24) is 0 Å². The van der Waals surface area contributed by atoms with Gasteiger partial charge >= 0.3 is 0 Å². The van der Waals surface area contributed by atoms with Gasteiger partial charge in [-0.05, 0) is 25.4 Å². The molecule has 1 nitrogen and oxygen atoms in total. The van der Waals surface area contributed by atoms with Crippen molar-refractivity contribution in [3.63, 3.8) is 0 Å². The minimum atomic E-state index is -1.43. The van der Waals surface area contributed by atoms with Gasteiger partial charge in [0.15, 0.2) is 0 Å². The summed E-state index contributed by atoms with van der Waals surface area (Å²) in [5.41, 5.74) is 0. The van der Waals surface area contributed by atoms with Crippen molar-refractivity contribution in [2.75, 3.05) is 0 Å². The molecule has 0 saturated carbocycles. The molecule has 0 aromatic heterocycles. The van der Waals surface area contributed by atoms with Crippen LogP contribution in [0.4, 0.5) is 0 Å². The molecule has 3 heteroatoms. The molecule has 0 fully saturated rings. The number of benzene rings is 1. The second-order valence-electron chi connectivity index (χ2n) is 3.44. The van der Waals surface area contributed by atoms with E-state index in [2.05, 4.69) is 25.7 Å². The average Bonchev–Trinajstić information content (AvgIpc) is 1.85. The molecular weight excluding hydrogens is 347 g/mol. The maximum absolute atomic E-state index is 5.68. The van der Waals surface area contributed by atoms with Gasteiger partial charge < -0.3 is 4.43 Å². The molecule has 0 N–H and O–H groups in total. The van der Waals surface area contributed by atoms with Crippen molar-refractivity contribution >= 4 is 8.32 Å². The Morgan fingerprint density at radius 2 is 1.92 bits per heavy atom. The number of rotatable bonds is 2. The van der Waals surface area contributed by atoms with E-state index in [1.165, 1.54) is 0 Å². The first-order valence-electron chi connectivity index (χ1n) is 3.74. The van der Waals surface area contributed by atoms with Gasteiger partial charge in [0.1, 0.15) is 0 Å². The van der Waals surface area contributed by atoms with Crippen LogP contribution in [0.25, 0.3) is 0 Å². The Morgan fingerprint density at radius 1 is 1.25 bits per heavy atom. The third-order valence-corrected chi connectivity index (χ3v) is 1.93. The van der Waals surface area contributed by atoms with Gasteiger partial charge in [0.2, 0.25) is 8.32 Å². The molecule has 0 spiro atoms. The van der Waals surface area contributed by atoms with E-state index in [4.69, 9.17) is 4.43 Å². The average molecular weight is 360 g/mol. The molecule has 0 aliphatic heterocycles. The van der Waals surface area contributed by atoms with Gasteiger partial charge in [-0.2, -0.15) is 18.2 Å². The molecule has 0 saturated heterocycles. The van der Waals surface area contributed by atoms with Crippen molar-refractivity contribution in [1.29, 1.82) is 0 Å². The van der Waals surface area contributed by atoms with Crippen LogP contribution in [-0.4, -0.2) is 8.32 Å². The first-order valence-corrected chi connectivity index (χ1v) is 7.14. The summed E-state index contributed by atoms with van der Waals surface area (Å²) in [6, 6.07) is 10.8. The first kappa shape index (κ1) is 11.9. The van der Waals surface area contributed by atoms with Gasteiger partial charge in [0.25, 0.3) is 0 Å². The number of hydrogen-bond donors (Lipinski definition) is 0. The Hall–Kier alpha value is -0.0748. The molecule has 0 heterocycles. The van der Waals surface area contributed by atoms with Crippen LogP contribution in [-0.2, 0) is 21.1 Å². The third-order valence-electron chi connectivity index (χ3n) is 1.10. The first-order chi connectivity index (χ1) is 5.08. The summed E-state index contributed by atoms with van der Waals surface area (Å²) < 4.78 is 5.68. The van der Waals surface area contributed by atoms with Crippen molar-refractivity contribution in [3.05, 3.63) is 30.3 Å². The molecule has 0 bridgehead atoms. The fourth-order valence-electron chi connectivity index (χ4n) is 0.770. The second kappa shape index (κ2) is 4.83. The summed E-state index contributed by atoms with van der Waals surface area (Å²) in [6.07, 6.45) is 0. The van der Waals surface area contributed by atoms with Crippen LogP contribution in [0.3, 0.4) is 0 Å². The summed E-state index contributed by atoms with van der Waals surface area (Å²) >= 11 is 0. The van der Waals surface area contributed by atoms with Crippen LogP contribution < -0.4 is 4.43 Å². The molecule has 0 unspecified atom stereocenters. The smallest absolute Gasteiger partial charge is 0.238 e. The predicted octanol–water partition coefficient (Wildman–Crippen LogP) is 2.70. The molecule has 1 aromatic rings. The molecule has 12 heavy (non-hydrogen) atoms. The van der Waals surface area contributed by atoms with E-state index in [1.807, 2.05) is 24.3 Å². The Bertz CT molecular complexity index is 218. The van der Waals surface area contributed by atoms with Gasteiger partial charge in [-0.25, -0.2) is 0 Å². The van der Waals surface area contributed by atoms with Gasteiger partial charge in [-0.1, -0.05) is 0 Å². The van der Waals surface area contributed by atoms with E-state index in [9.17, 15) is 0 Å². The molecule has 1 rings (SSSR count). The van der Waals surface area contributed by atoms with E-state index in [0.29, 0.717) is 0 Å². The van der Waals surface area contributed by atoms with Gasteiger partial charge in [0.05, 0.1) is 0 Å². The zero-order valence-electron chi connectivity index (χ0n) is 7.53. The number of hydrogen-bond acceptors (Lipinski definition) is 1. The fraction of sp³-hybridized carbons (Fsp3) is 0.333. The minimum absolute atomic E-state index is 0. The monoisotopic (exact) mass is 360 g/mol. The van der Waals surface area contributed by atoms with Crippen LogP contribution in [0.2, 0.25) is 19.6 Å². The summed E-state index contributed by atoms with van der Waals surface area (Å²) in [5.74, 6) is 0.867. The molecule has 70 valence electrons.